The van der Waals surface area contributed by atoms with Crippen molar-refractivity contribution in [3.8, 4) is 0 Å². The SMILES string of the molecule is CCOC(=O)c1sc(N(CC)c2ccc(C3CC3)c3ccccc23)nc1C1CC1. The minimum Gasteiger partial charge on any atom is -0.462 e. The largest absolute Gasteiger partial charge is 0.462 e. The lowest BCUT2D eigenvalue weighted by atomic mass is 9.99. The molecule has 4 nitrogen and oxygen atoms in total. The average Bonchev–Trinajstić information content (AvgIpc) is 3.67. The van der Waals surface area contributed by atoms with E-state index in [9.17, 15) is 4.79 Å². The summed E-state index contributed by atoms with van der Waals surface area (Å²) < 4.78 is 5.31. The summed E-state index contributed by atoms with van der Waals surface area (Å²) in [6.45, 7) is 5.18. The van der Waals surface area contributed by atoms with E-state index in [-0.39, 0.29) is 5.97 Å². The van der Waals surface area contributed by atoms with Gasteiger partial charge in [-0.25, -0.2) is 9.78 Å². The highest BCUT2D eigenvalue weighted by Gasteiger charge is 2.34. The Morgan fingerprint density at radius 1 is 1.07 bits per heavy atom. The Hall–Kier alpha value is -2.40. The Labute approximate surface area is 175 Å². The molecule has 3 aromatic rings. The van der Waals surface area contributed by atoms with Gasteiger partial charge in [0, 0.05) is 17.8 Å². The fourth-order valence-electron chi connectivity index (χ4n) is 4.11. The fourth-order valence-corrected chi connectivity index (χ4v) is 5.24. The van der Waals surface area contributed by atoms with Gasteiger partial charge in [-0.1, -0.05) is 41.7 Å². The summed E-state index contributed by atoms with van der Waals surface area (Å²) in [7, 11) is 0. The Morgan fingerprint density at radius 2 is 1.79 bits per heavy atom. The van der Waals surface area contributed by atoms with Crippen molar-refractivity contribution >= 4 is 38.9 Å². The number of rotatable bonds is 7. The molecule has 1 heterocycles. The van der Waals surface area contributed by atoms with E-state index < -0.39 is 0 Å². The van der Waals surface area contributed by atoms with Crippen molar-refractivity contribution in [3.05, 3.63) is 52.5 Å². The molecule has 2 aliphatic carbocycles. The van der Waals surface area contributed by atoms with Gasteiger partial charge in [-0.2, -0.15) is 0 Å². The second kappa shape index (κ2) is 7.45. The van der Waals surface area contributed by atoms with E-state index >= 15 is 0 Å². The smallest absolute Gasteiger partial charge is 0.350 e. The highest BCUT2D eigenvalue weighted by atomic mass is 32.1. The summed E-state index contributed by atoms with van der Waals surface area (Å²) in [4.78, 5) is 20.4. The standard InChI is InChI=1S/C24H26N2O2S/c1-3-26(24-25-21(16-11-12-16)22(29-24)23(27)28-4-2)20-14-13-17(15-9-10-15)18-7-5-6-8-19(18)20/h5-8,13-16H,3-4,9-12H2,1-2H3. The number of fused-ring (bicyclic) bond motifs is 1. The van der Waals surface area contributed by atoms with Crippen LogP contribution >= 0.6 is 11.3 Å². The molecule has 0 amide bonds. The number of thiazole rings is 1. The number of aromatic nitrogens is 1. The van der Waals surface area contributed by atoms with E-state index in [1.807, 2.05) is 6.92 Å². The maximum absolute atomic E-state index is 12.5. The lowest BCUT2D eigenvalue weighted by Gasteiger charge is -2.23. The number of esters is 1. The molecule has 5 rings (SSSR count). The first-order valence-electron chi connectivity index (χ1n) is 10.7. The third-order valence-electron chi connectivity index (χ3n) is 5.86. The summed E-state index contributed by atoms with van der Waals surface area (Å²) >= 11 is 1.48. The van der Waals surface area contributed by atoms with E-state index in [1.165, 1.54) is 46.2 Å². The molecule has 150 valence electrons. The Bertz CT molecular complexity index is 1070. The first-order valence-corrected chi connectivity index (χ1v) is 11.5. The van der Waals surface area contributed by atoms with Gasteiger partial charge in [-0.05, 0) is 62.5 Å². The van der Waals surface area contributed by atoms with Gasteiger partial charge in [0.05, 0.1) is 18.0 Å². The molecule has 29 heavy (non-hydrogen) atoms. The van der Waals surface area contributed by atoms with Gasteiger partial charge < -0.3 is 9.64 Å². The van der Waals surface area contributed by atoms with Crippen molar-refractivity contribution in [1.82, 2.24) is 4.98 Å². The average molecular weight is 407 g/mol. The van der Waals surface area contributed by atoms with Crippen molar-refractivity contribution in [2.75, 3.05) is 18.1 Å². The summed E-state index contributed by atoms with van der Waals surface area (Å²) in [5, 5.41) is 3.50. The quantitative estimate of drug-likeness (QED) is 0.427. The van der Waals surface area contributed by atoms with Crippen molar-refractivity contribution in [3.63, 3.8) is 0 Å². The Balaban J connectivity index is 1.60. The van der Waals surface area contributed by atoms with Crippen LogP contribution in [0.3, 0.4) is 0 Å². The first-order chi connectivity index (χ1) is 14.2. The van der Waals surface area contributed by atoms with Crippen LogP contribution in [0.15, 0.2) is 36.4 Å². The lowest BCUT2D eigenvalue weighted by molar-refractivity contribution is 0.0530. The van der Waals surface area contributed by atoms with Gasteiger partial charge in [0.25, 0.3) is 0 Å². The second-order valence-corrected chi connectivity index (χ2v) is 8.92. The number of hydrogen-bond donors (Lipinski definition) is 0. The molecule has 0 bridgehead atoms. The molecular formula is C24H26N2O2S. The maximum Gasteiger partial charge on any atom is 0.350 e. The normalized spacial score (nSPS) is 16.2. The van der Waals surface area contributed by atoms with Crippen LogP contribution in [0, 0.1) is 0 Å². The van der Waals surface area contributed by atoms with Crippen LogP contribution in [0.1, 0.15) is 72.3 Å². The van der Waals surface area contributed by atoms with Crippen LogP contribution in [-0.2, 0) is 4.74 Å². The van der Waals surface area contributed by atoms with Crippen LogP contribution in [-0.4, -0.2) is 24.1 Å². The number of anilines is 2. The fraction of sp³-hybridized carbons (Fsp3) is 0.417. The third-order valence-corrected chi connectivity index (χ3v) is 6.93. The summed E-state index contributed by atoms with van der Waals surface area (Å²) in [5.74, 6) is 0.885. The molecule has 2 fully saturated rings. The monoisotopic (exact) mass is 406 g/mol. The van der Waals surface area contributed by atoms with E-state index in [0.717, 1.165) is 30.2 Å². The number of benzene rings is 2. The predicted molar refractivity (Wildman–Crippen MR) is 119 cm³/mol. The summed E-state index contributed by atoms with van der Waals surface area (Å²) in [5.41, 5.74) is 3.56. The molecular weight excluding hydrogens is 380 g/mol. The van der Waals surface area contributed by atoms with Crippen LogP contribution in [0.25, 0.3) is 10.8 Å². The number of nitrogens with zero attached hydrogens (tertiary/aromatic N) is 2. The molecule has 0 unspecified atom stereocenters. The van der Waals surface area contributed by atoms with Gasteiger partial charge in [0.15, 0.2) is 5.13 Å². The molecule has 5 heteroatoms. The minimum absolute atomic E-state index is 0.233. The third kappa shape index (κ3) is 3.42. The van der Waals surface area contributed by atoms with Crippen molar-refractivity contribution in [1.29, 1.82) is 0 Å². The van der Waals surface area contributed by atoms with Crippen LogP contribution in [0.2, 0.25) is 0 Å². The molecule has 0 saturated heterocycles. The second-order valence-electron chi connectivity index (χ2n) is 7.94. The summed E-state index contributed by atoms with van der Waals surface area (Å²) in [6, 6.07) is 13.2. The van der Waals surface area contributed by atoms with Gasteiger partial charge >= 0.3 is 5.97 Å². The van der Waals surface area contributed by atoms with E-state index in [2.05, 4.69) is 48.2 Å². The van der Waals surface area contributed by atoms with Gasteiger partial charge in [0.1, 0.15) is 4.88 Å². The lowest BCUT2D eigenvalue weighted by Crippen LogP contribution is -2.16. The molecule has 0 spiro atoms. The van der Waals surface area contributed by atoms with Crippen molar-refractivity contribution in [2.24, 2.45) is 0 Å². The van der Waals surface area contributed by atoms with Gasteiger partial charge in [-0.15, -0.1) is 0 Å². The molecule has 0 radical (unpaired) electrons. The van der Waals surface area contributed by atoms with E-state index in [1.54, 1.807) is 0 Å². The molecule has 2 saturated carbocycles. The zero-order valence-corrected chi connectivity index (χ0v) is 17.8. The van der Waals surface area contributed by atoms with Crippen LogP contribution < -0.4 is 4.90 Å². The van der Waals surface area contributed by atoms with Gasteiger partial charge in [0.2, 0.25) is 0 Å². The highest BCUT2D eigenvalue weighted by molar-refractivity contribution is 7.17. The number of carbonyl (C=O) groups is 1. The maximum atomic E-state index is 12.5. The van der Waals surface area contributed by atoms with E-state index in [4.69, 9.17) is 9.72 Å². The number of hydrogen-bond acceptors (Lipinski definition) is 5. The van der Waals surface area contributed by atoms with Crippen molar-refractivity contribution < 1.29 is 9.53 Å². The van der Waals surface area contributed by atoms with Crippen molar-refractivity contribution in [2.45, 2.75) is 51.4 Å². The molecule has 2 aliphatic rings. The Morgan fingerprint density at radius 3 is 2.45 bits per heavy atom. The Kier molecular flexibility index (Phi) is 4.78. The number of carbonyl (C=O) groups excluding carboxylic acids is 1. The zero-order chi connectivity index (χ0) is 20.0. The van der Waals surface area contributed by atoms with E-state index in [0.29, 0.717) is 23.3 Å². The summed E-state index contributed by atoms with van der Waals surface area (Å²) in [6.07, 6.45) is 4.81. The number of ether oxygens (including phenoxy) is 1. The minimum atomic E-state index is -0.233. The topological polar surface area (TPSA) is 42.4 Å². The predicted octanol–water partition coefficient (Wildman–Crippen LogP) is 6.39. The molecule has 0 N–H and O–H groups in total. The molecule has 1 aromatic heterocycles. The zero-order valence-electron chi connectivity index (χ0n) is 17.0. The highest BCUT2D eigenvalue weighted by Crippen LogP contribution is 2.47. The van der Waals surface area contributed by atoms with Crippen LogP contribution in [0.5, 0.6) is 0 Å². The molecule has 0 aliphatic heterocycles. The first kappa shape index (κ1) is 18.6. The molecule has 0 atom stereocenters. The van der Waals surface area contributed by atoms with Crippen LogP contribution in [0.4, 0.5) is 10.8 Å². The van der Waals surface area contributed by atoms with Gasteiger partial charge in [-0.3, -0.25) is 0 Å². The molecule has 2 aromatic carbocycles.